The van der Waals surface area contributed by atoms with Crippen LogP contribution >= 0.6 is 34.5 Å². The average Bonchev–Trinajstić information content (AvgIpc) is 3.43. The van der Waals surface area contributed by atoms with Crippen molar-refractivity contribution in [2.45, 2.75) is 4.90 Å². The third-order valence-electron chi connectivity index (χ3n) is 5.33. The third kappa shape index (κ3) is 4.91. The summed E-state index contributed by atoms with van der Waals surface area (Å²) < 4.78 is 29.8. The maximum Gasteiger partial charge on any atom is 0.243 e. The second kappa shape index (κ2) is 10.1. The summed E-state index contributed by atoms with van der Waals surface area (Å²) in [5.41, 5.74) is 3.25. The fourth-order valence-corrected chi connectivity index (χ4v) is 6.66. The van der Waals surface area contributed by atoms with Crippen molar-refractivity contribution >= 4 is 55.3 Å². The van der Waals surface area contributed by atoms with E-state index in [1.54, 1.807) is 30.5 Å². The molecule has 5 rings (SSSR count). The molecule has 0 unspecified atom stereocenters. The van der Waals surface area contributed by atoms with Gasteiger partial charge >= 0.3 is 0 Å². The fourth-order valence-electron chi connectivity index (χ4n) is 3.78. The molecule has 0 saturated heterocycles. The van der Waals surface area contributed by atoms with Crippen LogP contribution in [-0.2, 0) is 10.0 Å². The number of benzene rings is 2. The van der Waals surface area contributed by atoms with Crippen LogP contribution in [0.4, 0.5) is 5.82 Å². The number of thiazole rings is 1. The zero-order chi connectivity index (χ0) is 25.3. The van der Waals surface area contributed by atoms with Gasteiger partial charge in [-0.2, -0.15) is 0 Å². The van der Waals surface area contributed by atoms with Gasteiger partial charge in [-0.15, -0.1) is 11.3 Å². The fraction of sp³-hybridized carbons (Fsp3) is 0.0833. The Kier molecular flexibility index (Phi) is 6.87. The Morgan fingerprint density at radius 1 is 1.00 bits per heavy atom. The van der Waals surface area contributed by atoms with Gasteiger partial charge in [0.15, 0.2) is 4.96 Å². The van der Waals surface area contributed by atoms with Gasteiger partial charge in [-0.25, -0.2) is 23.1 Å². The lowest BCUT2D eigenvalue weighted by Crippen LogP contribution is -2.29. The number of imidazole rings is 1. The molecular formula is C24H19Cl2N5O3S2. The van der Waals surface area contributed by atoms with Gasteiger partial charge in [-0.1, -0.05) is 41.4 Å². The van der Waals surface area contributed by atoms with E-state index >= 15 is 0 Å². The number of hydrogen-bond acceptors (Lipinski definition) is 7. The highest BCUT2D eigenvalue weighted by molar-refractivity contribution is 7.89. The summed E-state index contributed by atoms with van der Waals surface area (Å²) in [4.78, 5) is 9.80. The number of phenolic OH excluding ortho intramolecular Hbond substituents is 1. The predicted octanol–water partition coefficient (Wildman–Crippen LogP) is 5.53. The molecule has 3 heterocycles. The Bertz CT molecular complexity index is 1650. The van der Waals surface area contributed by atoms with E-state index in [1.165, 1.54) is 23.5 Å². The number of nitrogens with one attached hydrogen (secondary N) is 2. The van der Waals surface area contributed by atoms with Gasteiger partial charge in [0.1, 0.15) is 16.5 Å². The molecule has 0 spiro atoms. The number of aromatic nitrogens is 3. The van der Waals surface area contributed by atoms with E-state index in [9.17, 15) is 13.5 Å². The van der Waals surface area contributed by atoms with Crippen molar-refractivity contribution in [3.05, 3.63) is 82.4 Å². The smallest absolute Gasteiger partial charge is 0.243 e. The van der Waals surface area contributed by atoms with Gasteiger partial charge in [0.2, 0.25) is 10.0 Å². The number of fused-ring (bicyclic) bond motifs is 1. The molecule has 8 nitrogen and oxygen atoms in total. The summed E-state index contributed by atoms with van der Waals surface area (Å²) in [5, 5.41) is 15.2. The predicted molar refractivity (Wildman–Crippen MR) is 144 cm³/mol. The van der Waals surface area contributed by atoms with Crippen molar-refractivity contribution in [2.24, 2.45) is 0 Å². The summed E-state index contributed by atoms with van der Waals surface area (Å²) in [7, 11) is -3.88. The SMILES string of the molecule is O=S(=O)(NCCNc1cc(-c2c(-c3cccc(O)c3)nc3sccn23)ccn1)c1c(Cl)cccc1Cl. The summed E-state index contributed by atoms with van der Waals surface area (Å²) in [6, 6.07) is 15.2. The first-order valence-electron chi connectivity index (χ1n) is 10.7. The minimum Gasteiger partial charge on any atom is -0.508 e. The number of rotatable bonds is 8. The van der Waals surface area contributed by atoms with Crippen LogP contribution in [0.1, 0.15) is 0 Å². The van der Waals surface area contributed by atoms with Crippen LogP contribution in [0.2, 0.25) is 10.0 Å². The summed E-state index contributed by atoms with van der Waals surface area (Å²) >= 11 is 13.6. The van der Waals surface area contributed by atoms with E-state index in [0.717, 1.165) is 27.5 Å². The summed E-state index contributed by atoms with van der Waals surface area (Å²) in [6.07, 6.45) is 3.61. The van der Waals surface area contributed by atoms with Crippen LogP contribution < -0.4 is 10.0 Å². The molecule has 0 amide bonds. The molecule has 0 aliphatic carbocycles. The molecule has 0 saturated carbocycles. The van der Waals surface area contributed by atoms with Crippen molar-refractivity contribution in [3.63, 3.8) is 0 Å². The van der Waals surface area contributed by atoms with E-state index in [4.69, 9.17) is 28.2 Å². The average molecular weight is 560 g/mol. The first kappa shape index (κ1) is 24.5. The van der Waals surface area contributed by atoms with Gasteiger partial charge in [-0.05, 0) is 36.4 Å². The molecule has 36 heavy (non-hydrogen) atoms. The van der Waals surface area contributed by atoms with Crippen molar-refractivity contribution < 1.29 is 13.5 Å². The van der Waals surface area contributed by atoms with Crippen LogP contribution in [0.15, 0.2) is 77.3 Å². The van der Waals surface area contributed by atoms with Gasteiger partial charge in [-0.3, -0.25) is 4.40 Å². The number of anilines is 1. The van der Waals surface area contributed by atoms with Gasteiger partial charge in [0, 0.05) is 42.0 Å². The lowest BCUT2D eigenvalue weighted by atomic mass is 10.1. The summed E-state index contributed by atoms with van der Waals surface area (Å²) in [6.45, 7) is 0.364. The Morgan fingerprint density at radius 2 is 1.78 bits per heavy atom. The first-order chi connectivity index (χ1) is 17.3. The second-order valence-electron chi connectivity index (χ2n) is 7.72. The largest absolute Gasteiger partial charge is 0.508 e. The molecule has 3 N–H and O–H groups in total. The summed E-state index contributed by atoms with van der Waals surface area (Å²) in [5.74, 6) is 0.724. The number of hydrogen-bond donors (Lipinski definition) is 3. The Labute approximate surface area is 221 Å². The van der Waals surface area contributed by atoms with E-state index in [-0.39, 0.29) is 33.8 Å². The normalized spacial score (nSPS) is 11.7. The molecule has 12 heteroatoms. The van der Waals surface area contributed by atoms with Gasteiger partial charge in [0.25, 0.3) is 0 Å². The molecule has 0 bridgehead atoms. The van der Waals surface area contributed by atoms with E-state index in [0.29, 0.717) is 5.82 Å². The monoisotopic (exact) mass is 559 g/mol. The Balaban J connectivity index is 1.35. The zero-order valence-electron chi connectivity index (χ0n) is 18.5. The van der Waals surface area contributed by atoms with Crippen molar-refractivity contribution in [2.75, 3.05) is 18.4 Å². The van der Waals surface area contributed by atoms with Crippen LogP contribution in [0.25, 0.3) is 27.5 Å². The number of halogens is 2. The van der Waals surface area contributed by atoms with Crippen LogP contribution in [0.3, 0.4) is 0 Å². The topological polar surface area (TPSA) is 109 Å². The number of pyridine rings is 1. The number of phenols is 1. The molecule has 5 aromatic rings. The molecule has 3 aromatic heterocycles. The van der Waals surface area contributed by atoms with E-state index < -0.39 is 10.0 Å². The van der Waals surface area contributed by atoms with E-state index in [1.807, 2.05) is 34.2 Å². The molecule has 0 aliphatic rings. The molecule has 2 aromatic carbocycles. The number of aromatic hydroxyl groups is 1. The lowest BCUT2D eigenvalue weighted by Gasteiger charge is -2.11. The standard InChI is InChI=1S/C24H19Cl2N5O3S2/c25-18-5-2-6-19(26)23(18)36(33,34)29-10-9-28-20-14-16(7-8-27-20)22-21(15-3-1-4-17(32)13-15)30-24-31(22)11-12-35-24/h1-8,11-14,29,32H,9-10H2,(H,27,28). The van der Waals surface area contributed by atoms with Crippen LogP contribution in [0.5, 0.6) is 5.75 Å². The molecule has 0 fully saturated rings. The lowest BCUT2D eigenvalue weighted by molar-refractivity contribution is 0.475. The maximum atomic E-state index is 12.6. The molecule has 0 aliphatic heterocycles. The number of sulfonamides is 1. The first-order valence-corrected chi connectivity index (χ1v) is 13.8. The highest BCUT2D eigenvalue weighted by Gasteiger charge is 2.21. The maximum absolute atomic E-state index is 12.6. The molecule has 0 radical (unpaired) electrons. The van der Waals surface area contributed by atoms with Crippen LogP contribution in [-0.4, -0.2) is 41.0 Å². The molecule has 184 valence electrons. The minimum absolute atomic E-state index is 0.0559. The second-order valence-corrected chi connectivity index (χ2v) is 11.1. The molecule has 0 atom stereocenters. The highest BCUT2D eigenvalue weighted by Crippen LogP contribution is 2.36. The van der Waals surface area contributed by atoms with Crippen LogP contribution in [0, 0.1) is 0 Å². The minimum atomic E-state index is -3.88. The van der Waals surface area contributed by atoms with Gasteiger partial charge in [0.05, 0.1) is 21.4 Å². The molecular weight excluding hydrogens is 541 g/mol. The third-order valence-corrected chi connectivity index (χ3v) is 8.50. The Morgan fingerprint density at radius 3 is 2.56 bits per heavy atom. The van der Waals surface area contributed by atoms with Crippen molar-refractivity contribution in [3.8, 4) is 28.3 Å². The van der Waals surface area contributed by atoms with Crippen molar-refractivity contribution in [1.29, 1.82) is 0 Å². The quantitative estimate of drug-likeness (QED) is 0.216. The highest BCUT2D eigenvalue weighted by atomic mass is 35.5. The van der Waals surface area contributed by atoms with Crippen molar-refractivity contribution in [1.82, 2.24) is 19.1 Å². The van der Waals surface area contributed by atoms with Gasteiger partial charge < -0.3 is 10.4 Å². The number of nitrogens with zero attached hydrogens (tertiary/aromatic N) is 3. The zero-order valence-corrected chi connectivity index (χ0v) is 21.7. The Hall–Kier alpha value is -3.15. The van der Waals surface area contributed by atoms with E-state index in [2.05, 4.69) is 15.0 Å².